The predicted molar refractivity (Wildman–Crippen MR) is 60.2 cm³/mol. The second-order valence-electron chi connectivity index (χ2n) is 3.66. The Hall–Kier alpha value is -0.580. The molecule has 82 valence electrons. The van der Waals surface area contributed by atoms with Crippen LogP contribution in [0, 0.1) is 0 Å². The molecular weight excluding hydrogens is 234 g/mol. The summed E-state index contributed by atoms with van der Waals surface area (Å²) in [5.74, 6) is 0. The SMILES string of the molecule is O=S(=O)(NCc1ccccc1Cl)C1CC1. The smallest absolute Gasteiger partial charge is 0.212 e. The predicted octanol–water partition coefficient (Wildman–Crippen LogP) is 1.92. The minimum atomic E-state index is -3.11. The van der Waals surface area contributed by atoms with Crippen molar-refractivity contribution in [2.45, 2.75) is 24.6 Å². The van der Waals surface area contributed by atoms with Gasteiger partial charge in [-0.15, -0.1) is 0 Å². The van der Waals surface area contributed by atoms with Crippen molar-refractivity contribution in [3.63, 3.8) is 0 Å². The van der Waals surface area contributed by atoms with Crippen LogP contribution in [0.25, 0.3) is 0 Å². The van der Waals surface area contributed by atoms with Crippen LogP contribution in [0.4, 0.5) is 0 Å². The summed E-state index contributed by atoms with van der Waals surface area (Å²) in [5, 5.41) is 0.413. The Bertz CT molecular complexity index is 454. The Balaban J connectivity index is 2.02. The fourth-order valence-corrected chi connectivity index (χ4v) is 2.87. The molecule has 15 heavy (non-hydrogen) atoms. The maximum Gasteiger partial charge on any atom is 0.214 e. The van der Waals surface area contributed by atoms with E-state index >= 15 is 0 Å². The summed E-state index contributed by atoms with van der Waals surface area (Å²) in [6, 6.07) is 7.23. The number of hydrogen-bond acceptors (Lipinski definition) is 2. The first-order valence-corrected chi connectivity index (χ1v) is 6.74. The molecule has 0 amide bonds. The fraction of sp³-hybridized carbons (Fsp3) is 0.400. The molecule has 0 radical (unpaired) electrons. The fourth-order valence-electron chi connectivity index (χ4n) is 1.32. The molecule has 1 N–H and O–H groups in total. The van der Waals surface area contributed by atoms with Crippen molar-refractivity contribution in [1.82, 2.24) is 4.72 Å². The van der Waals surface area contributed by atoms with E-state index in [1.165, 1.54) is 0 Å². The van der Waals surface area contributed by atoms with Crippen molar-refractivity contribution in [2.24, 2.45) is 0 Å². The van der Waals surface area contributed by atoms with E-state index < -0.39 is 10.0 Å². The molecule has 2 rings (SSSR count). The zero-order valence-electron chi connectivity index (χ0n) is 8.11. The molecule has 1 aromatic carbocycles. The topological polar surface area (TPSA) is 46.2 Å². The summed E-state index contributed by atoms with van der Waals surface area (Å²) >= 11 is 5.91. The van der Waals surface area contributed by atoms with E-state index in [1.807, 2.05) is 18.2 Å². The molecule has 0 bridgehead atoms. The van der Waals surface area contributed by atoms with E-state index in [1.54, 1.807) is 6.07 Å². The molecule has 5 heteroatoms. The molecule has 1 saturated carbocycles. The minimum Gasteiger partial charge on any atom is -0.212 e. The zero-order valence-corrected chi connectivity index (χ0v) is 9.68. The number of hydrogen-bond donors (Lipinski definition) is 1. The highest BCUT2D eigenvalue weighted by molar-refractivity contribution is 7.90. The highest BCUT2D eigenvalue weighted by Crippen LogP contribution is 2.27. The standard InChI is InChI=1S/C10H12ClNO2S/c11-10-4-2-1-3-8(10)7-12-15(13,14)9-5-6-9/h1-4,9,12H,5-7H2. The van der Waals surface area contributed by atoms with E-state index in [2.05, 4.69) is 4.72 Å². The second kappa shape index (κ2) is 4.12. The lowest BCUT2D eigenvalue weighted by molar-refractivity contribution is 0.580. The quantitative estimate of drug-likeness (QED) is 0.881. The van der Waals surface area contributed by atoms with Crippen molar-refractivity contribution in [3.05, 3.63) is 34.9 Å². The molecule has 0 heterocycles. The van der Waals surface area contributed by atoms with E-state index in [-0.39, 0.29) is 11.8 Å². The Morgan fingerprint density at radius 1 is 1.33 bits per heavy atom. The number of nitrogens with one attached hydrogen (secondary N) is 1. The van der Waals surface area contributed by atoms with Crippen LogP contribution in [0.1, 0.15) is 18.4 Å². The molecule has 1 fully saturated rings. The van der Waals surface area contributed by atoms with E-state index in [0.29, 0.717) is 5.02 Å². The lowest BCUT2D eigenvalue weighted by Gasteiger charge is -2.06. The summed E-state index contributed by atoms with van der Waals surface area (Å²) in [5.41, 5.74) is 0.809. The second-order valence-corrected chi connectivity index (χ2v) is 6.11. The van der Waals surface area contributed by atoms with E-state index in [0.717, 1.165) is 18.4 Å². The van der Waals surface area contributed by atoms with Crippen LogP contribution in [-0.2, 0) is 16.6 Å². The first-order valence-electron chi connectivity index (χ1n) is 4.81. The molecule has 0 atom stereocenters. The summed E-state index contributed by atoms with van der Waals surface area (Å²) in [6.45, 7) is 0.276. The van der Waals surface area contributed by atoms with Gasteiger partial charge in [0.05, 0.1) is 5.25 Å². The number of benzene rings is 1. The molecule has 0 unspecified atom stereocenters. The van der Waals surface area contributed by atoms with E-state index in [4.69, 9.17) is 11.6 Å². The van der Waals surface area contributed by atoms with Gasteiger partial charge in [0.2, 0.25) is 10.0 Å². The Kier molecular flexibility index (Phi) is 3.00. The zero-order chi connectivity index (χ0) is 10.9. The summed E-state index contributed by atoms with van der Waals surface area (Å²) < 4.78 is 25.6. The van der Waals surface area contributed by atoms with Crippen LogP contribution in [0.2, 0.25) is 5.02 Å². The molecular formula is C10H12ClNO2S. The van der Waals surface area contributed by atoms with Gasteiger partial charge in [0.25, 0.3) is 0 Å². The average Bonchev–Trinajstić information content (AvgIpc) is 3.00. The minimum absolute atomic E-state index is 0.181. The molecule has 3 nitrogen and oxygen atoms in total. The van der Waals surface area contributed by atoms with Crippen LogP contribution in [0.15, 0.2) is 24.3 Å². The van der Waals surface area contributed by atoms with Gasteiger partial charge in [-0.1, -0.05) is 29.8 Å². The van der Waals surface area contributed by atoms with Crippen molar-refractivity contribution in [2.75, 3.05) is 0 Å². The largest absolute Gasteiger partial charge is 0.214 e. The van der Waals surface area contributed by atoms with Gasteiger partial charge < -0.3 is 0 Å². The van der Waals surface area contributed by atoms with Gasteiger partial charge >= 0.3 is 0 Å². The maximum atomic E-state index is 11.5. The lowest BCUT2D eigenvalue weighted by Crippen LogP contribution is -2.26. The van der Waals surface area contributed by atoms with Crippen molar-refractivity contribution < 1.29 is 8.42 Å². The highest BCUT2D eigenvalue weighted by Gasteiger charge is 2.35. The van der Waals surface area contributed by atoms with Gasteiger partial charge in [-0.3, -0.25) is 0 Å². The van der Waals surface area contributed by atoms with Crippen molar-refractivity contribution in [3.8, 4) is 0 Å². The molecule has 0 spiro atoms. The first-order chi connectivity index (χ1) is 7.09. The summed E-state index contributed by atoms with van der Waals surface area (Å²) in [7, 11) is -3.11. The Morgan fingerprint density at radius 2 is 2.00 bits per heavy atom. The summed E-state index contributed by atoms with van der Waals surface area (Å²) in [4.78, 5) is 0. The van der Waals surface area contributed by atoms with Crippen LogP contribution in [0.5, 0.6) is 0 Å². The number of sulfonamides is 1. The van der Waals surface area contributed by atoms with Gasteiger partial charge in [0, 0.05) is 11.6 Å². The van der Waals surface area contributed by atoms with Crippen molar-refractivity contribution in [1.29, 1.82) is 0 Å². The lowest BCUT2D eigenvalue weighted by atomic mass is 10.2. The van der Waals surface area contributed by atoms with Gasteiger partial charge in [-0.2, -0.15) is 0 Å². The normalized spacial score (nSPS) is 16.6. The van der Waals surface area contributed by atoms with Gasteiger partial charge in [-0.25, -0.2) is 13.1 Å². The number of rotatable bonds is 4. The molecule has 1 aliphatic carbocycles. The molecule has 0 saturated heterocycles. The molecule has 0 aromatic heterocycles. The van der Waals surface area contributed by atoms with Crippen molar-refractivity contribution >= 4 is 21.6 Å². The number of halogens is 1. The monoisotopic (exact) mass is 245 g/mol. The van der Waals surface area contributed by atoms with Gasteiger partial charge in [0.1, 0.15) is 0 Å². The van der Waals surface area contributed by atoms with Gasteiger partial charge in [-0.05, 0) is 24.5 Å². The van der Waals surface area contributed by atoms with Crippen LogP contribution >= 0.6 is 11.6 Å². The first kappa shape index (κ1) is 10.9. The van der Waals surface area contributed by atoms with E-state index in [9.17, 15) is 8.42 Å². The van der Waals surface area contributed by atoms with Crippen LogP contribution < -0.4 is 4.72 Å². The third kappa shape index (κ3) is 2.71. The Labute approximate surface area is 94.5 Å². The summed E-state index contributed by atoms with van der Waals surface area (Å²) in [6.07, 6.45) is 1.55. The van der Waals surface area contributed by atoms with Gasteiger partial charge in [0.15, 0.2) is 0 Å². The molecule has 1 aromatic rings. The molecule has 0 aliphatic heterocycles. The third-order valence-electron chi connectivity index (χ3n) is 2.38. The maximum absolute atomic E-state index is 11.5. The molecule has 1 aliphatic rings. The van der Waals surface area contributed by atoms with Crippen LogP contribution in [0.3, 0.4) is 0 Å². The third-order valence-corrected chi connectivity index (χ3v) is 4.65. The average molecular weight is 246 g/mol. The Morgan fingerprint density at radius 3 is 2.60 bits per heavy atom. The highest BCUT2D eigenvalue weighted by atomic mass is 35.5. The van der Waals surface area contributed by atoms with Crippen LogP contribution in [-0.4, -0.2) is 13.7 Å².